The molecule has 3 rings (SSSR count). The second-order valence-electron chi connectivity index (χ2n) is 5.38. The number of pyridine rings is 1. The van der Waals surface area contributed by atoms with Crippen LogP contribution in [0.2, 0.25) is 0 Å². The second kappa shape index (κ2) is 9.01. The molecular formula is C17H13BrF2N3O2Y-. The van der Waals surface area contributed by atoms with Crippen molar-refractivity contribution in [1.82, 2.24) is 14.8 Å². The fraction of sp³-hybridized carbons (Fsp3) is 0.176. The van der Waals surface area contributed by atoms with Crippen molar-refractivity contribution in [2.75, 3.05) is 0 Å². The maximum atomic E-state index is 13.7. The molecule has 0 amide bonds. The summed E-state index contributed by atoms with van der Waals surface area (Å²) in [6.45, 7) is 1.92. The van der Waals surface area contributed by atoms with E-state index in [4.69, 9.17) is 4.74 Å². The molecule has 0 saturated carbocycles. The number of nitrogens with one attached hydrogen (secondary N) is 1. The molecule has 0 bridgehead atoms. The van der Waals surface area contributed by atoms with Gasteiger partial charge in [0.05, 0.1) is 0 Å². The average molecular weight is 498 g/mol. The number of benzene rings is 1. The molecule has 0 fully saturated rings. The van der Waals surface area contributed by atoms with E-state index in [0.29, 0.717) is 11.4 Å². The number of aryl methyl sites for hydroxylation is 1. The number of H-pyrrole nitrogens is 1. The van der Waals surface area contributed by atoms with Gasteiger partial charge in [0.1, 0.15) is 28.5 Å². The fourth-order valence-electron chi connectivity index (χ4n) is 2.31. The average Bonchev–Trinajstić information content (AvgIpc) is 3.08. The van der Waals surface area contributed by atoms with Crippen molar-refractivity contribution in [3.05, 3.63) is 79.9 Å². The summed E-state index contributed by atoms with van der Waals surface area (Å²) in [6, 6.07) is 6.57. The number of aromatic amines is 1. The summed E-state index contributed by atoms with van der Waals surface area (Å²) < 4.78 is 33.9. The SMILES string of the molecule is Cc1cc(OCc2ccc(F)cc2F)c(Br)c(=O)n1Cc1c[c-][nH]n1.[Y]. The predicted octanol–water partition coefficient (Wildman–Crippen LogP) is 3.35. The fourth-order valence-corrected chi connectivity index (χ4v) is 2.75. The van der Waals surface area contributed by atoms with Crippen molar-refractivity contribution in [3.63, 3.8) is 0 Å². The maximum absolute atomic E-state index is 13.7. The molecule has 0 spiro atoms. The summed E-state index contributed by atoms with van der Waals surface area (Å²) in [5.41, 5.74) is 1.23. The molecule has 0 aliphatic carbocycles. The Morgan fingerprint density at radius 3 is 2.77 bits per heavy atom. The Kier molecular flexibility index (Phi) is 7.26. The zero-order valence-corrected chi connectivity index (χ0v) is 18.1. The minimum Gasteiger partial charge on any atom is -0.487 e. The molecule has 1 radical (unpaired) electrons. The first-order valence-electron chi connectivity index (χ1n) is 7.32. The van der Waals surface area contributed by atoms with Gasteiger partial charge in [-0.2, -0.15) is 12.3 Å². The van der Waals surface area contributed by atoms with Crippen molar-refractivity contribution >= 4 is 15.9 Å². The number of hydrogen-bond acceptors (Lipinski definition) is 3. The molecule has 0 saturated heterocycles. The van der Waals surface area contributed by atoms with Crippen LogP contribution in [0.15, 0.2) is 39.6 Å². The van der Waals surface area contributed by atoms with Crippen LogP contribution >= 0.6 is 15.9 Å². The predicted molar refractivity (Wildman–Crippen MR) is 90.4 cm³/mol. The summed E-state index contributed by atoms with van der Waals surface area (Å²) in [6.07, 6.45) is 2.71. The first-order valence-corrected chi connectivity index (χ1v) is 8.12. The molecule has 3 aromatic rings. The van der Waals surface area contributed by atoms with Crippen LogP contribution in [0.5, 0.6) is 5.75 Å². The van der Waals surface area contributed by atoms with E-state index in [1.165, 1.54) is 10.6 Å². The number of rotatable bonds is 5. The molecule has 2 heterocycles. The van der Waals surface area contributed by atoms with E-state index in [9.17, 15) is 13.6 Å². The van der Waals surface area contributed by atoms with Crippen molar-refractivity contribution in [1.29, 1.82) is 0 Å². The van der Waals surface area contributed by atoms with Crippen LogP contribution in [0.4, 0.5) is 8.78 Å². The number of ether oxygens (including phenoxy) is 1. The molecule has 133 valence electrons. The Balaban J connectivity index is 0.00000243. The van der Waals surface area contributed by atoms with Crippen molar-refractivity contribution < 1.29 is 46.2 Å². The third kappa shape index (κ3) is 4.66. The van der Waals surface area contributed by atoms with E-state index in [-0.39, 0.29) is 67.2 Å². The summed E-state index contributed by atoms with van der Waals surface area (Å²) in [5, 5.41) is 6.55. The molecule has 1 N–H and O–H groups in total. The summed E-state index contributed by atoms with van der Waals surface area (Å²) in [7, 11) is 0. The van der Waals surface area contributed by atoms with Crippen LogP contribution in [-0.2, 0) is 45.9 Å². The van der Waals surface area contributed by atoms with Gasteiger partial charge in [-0.25, -0.2) is 8.78 Å². The third-order valence-corrected chi connectivity index (χ3v) is 4.37. The first kappa shape index (κ1) is 20.9. The molecule has 26 heavy (non-hydrogen) atoms. The van der Waals surface area contributed by atoms with Crippen molar-refractivity contribution in [3.8, 4) is 5.75 Å². The molecular weight excluding hydrogens is 485 g/mol. The molecule has 5 nitrogen and oxygen atoms in total. The van der Waals surface area contributed by atoms with Crippen LogP contribution in [0, 0.1) is 24.8 Å². The van der Waals surface area contributed by atoms with Gasteiger partial charge in [0, 0.05) is 62.6 Å². The van der Waals surface area contributed by atoms with Crippen molar-refractivity contribution in [2.24, 2.45) is 0 Å². The quantitative estimate of drug-likeness (QED) is 0.550. The minimum atomic E-state index is -0.698. The van der Waals surface area contributed by atoms with E-state index in [1.807, 2.05) is 0 Å². The van der Waals surface area contributed by atoms with Gasteiger partial charge in [-0.05, 0) is 35.0 Å². The number of halogens is 3. The number of nitrogens with zero attached hydrogens (tertiary/aromatic N) is 2. The van der Waals surface area contributed by atoms with E-state index in [1.54, 1.807) is 19.1 Å². The van der Waals surface area contributed by atoms with Crippen LogP contribution in [0.1, 0.15) is 17.0 Å². The van der Waals surface area contributed by atoms with Gasteiger partial charge in [-0.1, -0.05) is 5.69 Å². The zero-order valence-electron chi connectivity index (χ0n) is 13.7. The largest absolute Gasteiger partial charge is 0.487 e. The molecule has 2 aromatic heterocycles. The Hall–Kier alpha value is -1.38. The van der Waals surface area contributed by atoms with Gasteiger partial charge in [0.2, 0.25) is 0 Å². The maximum Gasteiger partial charge on any atom is 0.267 e. The first-order chi connectivity index (χ1) is 12.0. The molecule has 0 aliphatic rings. The van der Waals surface area contributed by atoms with E-state index < -0.39 is 11.6 Å². The standard InChI is InChI=1S/C17H13BrF2N3O2.Y/c1-10-6-15(25-9-11-2-3-12(19)7-14(11)20)16(18)17(24)23(10)8-13-4-5-21-22-13;/h2-4,6-7H,8-9H2,1H3,(H,21,22);/q-1;. The van der Waals surface area contributed by atoms with E-state index in [0.717, 1.165) is 12.1 Å². The van der Waals surface area contributed by atoms with Crippen molar-refractivity contribution in [2.45, 2.75) is 20.1 Å². The smallest absolute Gasteiger partial charge is 0.267 e. The normalized spacial score (nSPS) is 10.5. The van der Waals surface area contributed by atoms with Gasteiger partial charge in [0.25, 0.3) is 5.56 Å². The molecule has 0 aliphatic heterocycles. The summed E-state index contributed by atoms with van der Waals surface area (Å²) in [4.78, 5) is 12.5. The van der Waals surface area contributed by atoms with Crippen LogP contribution < -0.4 is 10.3 Å². The number of hydrogen-bond donors (Lipinski definition) is 1. The van der Waals surface area contributed by atoms with E-state index >= 15 is 0 Å². The molecule has 0 unspecified atom stereocenters. The van der Waals surface area contributed by atoms with E-state index in [2.05, 4.69) is 32.3 Å². The Labute approximate surface area is 181 Å². The van der Waals surface area contributed by atoms with Crippen LogP contribution in [-0.4, -0.2) is 14.8 Å². The van der Waals surface area contributed by atoms with Gasteiger partial charge >= 0.3 is 0 Å². The van der Waals surface area contributed by atoms with Crippen LogP contribution in [0.3, 0.4) is 0 Å². The minimum absolute atomic E-state index is 0. The molecule has 0 atom stereocenters. The molecule has 1 aromatic carbocycles. The third-order valence-electron chi connectivity index (χ3n) is 3.64. The summed E-state index contributed by atoms with van der Waals surface area (Å²) >= 11 is 3.22. The summed E-state index contributed by atoms with van der Waals surface area (Å²) in [5.74, 6) is -1.07. The van der Waals surface area contributed by atoms with Gasteiger partial charge < -0.3 is 14.4 Å². The van der Waals surface area contributed by atoms with Gasteiger partial charge in [-0.3, -0.25) is 9.89 Å². The Morgan fingerprint density at radius 1 is 1.35 bits per heavy atom. The Bertz CT molecular complexity index is 961. The Morgan fingerprint density at radius 2 is 2.12 bits per heavy atom. The van der Waals surface area contributed by atoms with Crippen LogP contribution in [0.25, 0.3) is 0 Å². The van der Waals surface area contributed by atoms with Gasteiger partial charge in [-0.15, -0.1) is 0 Å². The van der Waals surface area contributed by atoms with Gasteiger partial charge in [0.15, 0.2) is 0 Å². The number of aromatic nitrogens is 3. The monoisotopic (exact) mass is 497 g/mol. The molecule has 9 heteroatoms. The second-order valence-corrected chi connectivity index (χ2v) is 6.18. The zero-order chi connectivity index (χ0) is 18.0. The topological polar surface area (TPSA) is 59.9 Å².